The summed E-state index contributed by atoms with van der Waals surface area (Å²) in [4.78, 5) is 10.5. The monoisotopic (exact) mass is 302 g/mol. The van der Waals surface area contributed by atoms with Gasteiger partial charge in [-0.2, -0.15) is 4.98 Å². The molecule has 0 radical (unpaired) electrons. The van der Waals surface area contributed by atoms with E-state index in [9.17, 15) is 8.42 Å². The summed E-state index contributed by atoms with van der Waals surface area (Å²) in [5.41, 5.74) is 0.536. The first-order chi connectivity index (χ1) is 8.95. The van der Waals surface area contributed by atoms with E-state index in [1.807, 2.05) is 7.05 Å². The van der Waals surface area contributed by atoms with Crippen LogP contribution in [0, 0.1) is 0 Å². The lowest BCUT2D eigenvalue weighted by atomic mass is 10.2. The van der Waals surface area contributed by atoms with Crippen LogP contribution in [0.2, 0.25) is 5.28 Å². The van der Waals surface area contributed by atoms with Crippen LogP contribution in [0.5, 0.6) is 0 Å². The van der Waals surface area contributed by atoms with Crippen molar-refractivity contribution in [1.82, 2.24) is 14.9 Å². The minimum absolute atomic E-state index is 0.0939. The van der Waals surface area contributed by atoms with Gasteiger partial charge in [0.05, 0.1) is 11.4 Å². The number of nitrogens with one attached hydrogen (secondary N) is 1. The normalized spacial score (nSPS) is 25.5. The van der Waals surface area contributed by atoms with E-state index in [0.29, 0.717) is 17.9 Å². The fourth-order valence-corrected chi connectivity index (χ4v) is 4.40. The average Bonchev–Trinajstić information content (AvgIpc) is 2.83. The van der Waals surface area contributed by atoms with Crippen LogP contribution in [0.15, 0.2) is 4.90 Å². The molecule has 19 heavy (non-hydrogen) atoms. The molecule has 1 aromatic heterocycles. The Labute approximate surface area is 117 Å². The highest BCUT2D eigenvalue weighted by Gasteiger charge is 2.33. The molecule has 0 amide bonds. The first-order valence-electron chi connectivity index (χ1n) is 6.20. The molecular weight excluding hydrogens is 288 g/mol. The summed E-state index contributed by atoms with van der Waals surface area (Å²) in [6.07, 6.45) is 1.38. The maximum absolute atomic E-state index is 12.0. The zero-order valence-electron chi connectivity index (χ0n) is 10.6. The maximum atomic E-state index is 12.0. The van der Waals surface area contributed by atoms with Crippen molar-refractivity contribution >= 4 is 27.3 Å². The molecule has 3 rings (SSSR count). The summed E-state index contributed by atoms with van der Waals surface area (Å²) >= 11 is 5.87. The van der Waals surface area contributed by atoms with Crippen molar-refractivity contribution in [2.45, 2.75) is 23.8 Å². The van der Waals surface area contributed by atoms with Crippen LogP contribution >= 0.6 is 11.6 Å². The second-order valence-corrected chi connectivity index (χ2v) is 7.46. The largest absolute Gasteiger partial charge is 0.365 e. The lowest BCUT2D eigenvalue weighted by molar-refractivity contribution is 0.414. The van der Waals surface area contributed by atoms with E-state index in [4.69, 9.17) is 11.6 Å². The molecule has 0 saturated carbocycles. The minimum Gasteiger partial charge on any atom is -0.365 e. The number of anilines is 1. The smallest absolute Gasteiger partial charge is 0.224 e. The van der Waals surface area contributed by atoms with Crippen molar-refractivity contribution < 1.29 is 8.42 Å². The van der Waals surface area contributed by atoms with Gasteiger partial charge in [-0.1, -0.05) is 0 Å². The van der Waals surface area contributed by atoms with E-state index in [-0.39, 0.29) is 22.0 Å². The fourth-order valence-electron chi connectivity index (χ4n) is 2.64. The lowest BCUT2D eigenvalue weighted by Crippen LogP contribution is -2.25. The van der Waals surface area contributed by atoms with E-state index in [0.717, 1.165) is 19.5 Å². The third kappa shape index (κ3) is 2.42. The Morgan fingerprint density at radius 1 is 1.42 bits per heavy atom. The van der Waals surface area contributed by atoms with E-state index in [1.54, 1.807) is 0 Å². The van der Waals surface area contributed by atoms with E-state index < -0.39 is 9.84 Å². The highest BCUT2D eigenvalue weighted by Crippen LogP contribution is 2.32. The predicted molar refractivity (Wildman–Crippen MR) is 72.3 cm³/mol. The number of fused-ring (bicyclic) bond motifs is 1. The van der Waals surface area contributed by atoms with Crippen LogP contribution in [0.1, 0.15) is 12.1 Å². The highest BCUT2D eigenvalue weighted by atomic mass is 35.5. The van der Waals surface area contributed by atoms with Crippen molar-refractivity contribution in [2.24, 2.45) is 0 Å². The fraction of sp³-hybridized carbons (Fsp3) is 0.636. The van der Waals surface area contributed by atoms with Crippen LogP contribution < -0.4 is 5.32 Å². The topological polar surface area (TPSA) is 75.2 Å². The van der Waals surface area contributed by atoms with Crippen LogP contribution in [0.4, 0.5) is 5.82 Å². The number of rotatable bonds is 2. The predicted octanol–water partition coefficient (Wildman–Crippen LogP) is 0.576. The molecule has 6 nitrogen and oxygen atoms in total. The Hall–Kier alpha value is -0.920. The minimum atomic E-state index is -3.27. The summed E-state index contributed by atoms with van der Waals surface area (Å²) in [5, 5.41) is 3.31. The van der Waals surface area contributed by atoms with E-state index in [1.165, 1.54) is 0 Å². The Kier molecular flexibility index (Phi) is 3.15. The third-order valence-corrected chi connectivity index (χ3v) is 5.52. The van der Waals surface area contributed by atoms with Crippen molar-refractivity contribution in [2.75, 3.05) is 31.2 Å². The summed E-state index contributed by atoms with van der Waals surface area (Å²) in [5.74, 6) is 0.462. The molecule has 1 aromatic rings. The molecule has 1 unspecified atom stereocenters. The van der Waals surface area contributed by atoms with E-state index >= 15 is 0 Å². The molecule has 1 fully saturated rings. The molecule has 1 saturated heterocycles. The number of halogens is 1. The lowest BCUT2D eigenvalue weighted by Gasteiger charge is -2.15. The van der Waals surface area contributed by atoms with Crippen molar-refractivity contribution in [1.29, 1.82) is 0 Å². The molecule has 0 spiro atoms. The number of aryl methyl sites for hydroxylation is 1. The molecule has 8 heteroatoms. The summed E-state index contributed by atoms with van der Waals surface area (Å²) in [6, 6.07) is 0.205. The molecule has 104 valence electrons. The molecule has 0 bridgehead atoms. The third-order valence-electron chi connectivity index (χ3n) is 3.56. The molecule has 2 aliphatic rings. The zero-order valence-corrected chi connectivity index (χ0v) is 12.1. The van der Waals surface area contributed by atoms with Gasteiger partial charge in [-0.3, -0.25) is 0 Å². The maximum Gasteiger partial charge on any atom is 0.224 e. The number of likely N-dealkylation sites (N-methyl/N-ethyl adjacent to an activating group) is 1. The quantitative estimate of drug-likeness (QED) is 0.805. The van der Waals surface area contributed by atoms with Gasteiger partial charge in [0.2, 0.25) is 5.28 Å². The molecule has 3 heterocycles. The van der Waals surface area contributed by atoms with Crippen LogP contribution in [0.3, 0.4) is 0 Å². The van der Waals surface area contributed by atoms with Crippen molar-refractivity contribution in [3.05, 3.63) is 11.0 Å². The Morgan fingerprint density at radius 3 is 2.89 bits per heavy atom. The first-order valence-corrected chi connectivity index (χ1v) is 8.23. The zero-order chi connectivity index (χ0) is 13.6. The Bertz CT molecular complexity index is 619. The van der Waals surface area contributed by atoms with Crippen molar-refractivity contribution in [3.8, 4) is 0 Å². The molecule has 1 atom stereocenters. The van der Waals surface area contributed by atoms with Gasteiger partial charge in [-0.25, -0.2) is 13.4 Å². The van der Waals surface area contributed by atoms with Gasteiger partial charge in [-0.05, 0) is 31.6 Å². The average molecular weight is 303 g/mol. The number of sulfone groups is 1. The molecule has 0 aliphatic carbocycles. The molecular formula is C11H15ClN4O2S. The standard InChI is InChI=1S/C11H15ClN4O2S/c1-16-4-2-7(6-16)13-10-9-8(14-11(12)15-10)3-5-19(9,17)18/h7H,2-6H2,1H3,(H,13,14,15). The summed E-state index contributed by atoms with van der Waals surface area (Å²) in [6.45, 7) is 1.86. The second-order valence-electron chi connectivity index (χ2n) is 5.08. The van der Waals surface area contributed by atoms with Crippen LogP contribution in [0.25, 0.3) is 0 Å². The van der Waals surface area contributed by atoms with Gasteiger partial charge in [0.25, 0.3) is 0 Å². The number of nitrogens with zero attached hydrogens (tertiary/aromatic N) is 3. The van der Waals surface area contributed by atoms with E-state index in [2.05, 4.69) is 20.2 Å². The van der Waals surface area contributed by atoms with Crippen LogP contribution in [-0.2, 0) is 16.3 Å². The molecule has 0 aromatic carbocycles. The van der Waals surface area contributed by atoms with Gasteiger partial charge in [0.15, 0.2) is 9.84 Å². The number of likely N-dealkylation sites (tertiary alicyclic amines) is 1. The van der Waals surface area contributed by atoms with Crippen LogP contribution in [-0.4, -0.2) is 55.2 Å². The van der Waals surface area contributed by atoms with Gasteiger partial charge in [-0.15, -0.1) is 0 Å². The number of aromatic nitrogens is 2. The summed E-state index contributed by atoms with van der Waals surface area (Å²) in [7, 11) is -1.23. The SMILES string of the molecule is CN1CCC(Nc2nc(Cl)nc3c2S(=O)(=O)CC3)C1. The molecule has 1 N–H and O–H groups in total. The highest BCUT2D eigenvalue weighted by molar-refractivity contribution is 7.91. The second kappa shape index (κ2) is 4.57. The van der Waals surface area contributed by atoms with Gasteiger partial charge >= 0.3 is 0 Å². The van der Waals surface area contributed by atoms with Gasteiger partial charge < -0.3 is 10.2 Å². The molecule has 2 aliphatic heterocycles. The summed E-state index contributed by atoms with van der Waals surface area (Å²) < 4.78 is 24.1. The first kappa shape index (κ1) is 13.1. The number of hydrogen-bond donors (Lipinski definition) is 1. The van der Waals surface area contributed by atoms with Gasteiger partial charge in [0, 0.05) is 19.0 Å². The van der Waals surface area contributed by atoms with Gasteiger partial charge in [0.1, 0.15) is 10.7 Å². The Morgan fingerprint density at radius 2 is 2.21 bits per heavy atom. The Balaban J connectivity index is 1.97. The van der Waals surface area contributed by atoms with Crippen molar-refractivity contribution in [3.63, 3.8) is 0 Å². The number of hydrogen-bond acceptors (Lipinski definition) is 6.